The highest BCUT2D eigenvalue weighted by atomic mass is 35.5. The molecule has 1 heterocycles. The van der Waals surface area contributed by atoms with Crippen LogP contribution >= 0.6 is 23.4 Å². The largest absolute Gasteiger partial charge is 0.493 e. The molecule has 2 amide bonds. The van der Waals surface area contributed by atoms with Crippen LogP contribution in [-0.2, 0) is 4.79 Å². The van der Waals surface area contributed by atoms with E-state index in [1.165, 1.54) is 14.2 Å². The van der Waals surface area contributed by atoms with Crippen molar-refractivity contribution in [1.82, 2.24) is 4.90 Å². The van der Waals surface area contributed by atoms with Crippen molar-refractivity contribution in [2.24, 2.45) is 0 Å². The highest BCUT2D eigenvalue weighted by Crippen LogP contribution is 2.38. The fourth-order valence-corrected chi connectivity index (χ4v) is 4.01. The maximum atomic E-state index is 12.7. The Hall–Kier alpha value is -2.84. The number of hydrogen-bond donors (Lipinski definition) is 0. The van der Waals surface area contributed by atoms with Gasteiger partial charge in [0.2, 0.25) is 0 Å². The smallest absolute Gasteiger partial charge is 0.293 e. The van der Waals surface area contributed by atoms with E-state index >= 15 is 0 Å². The van der Waals surface area contributed by atoms with Crippen LogP contribution in [0.1, 0.15) is 5.56 Å². The molecular weight excluding hydrogens is 430 g/mol. The van der Waals surface area contributed by atoms with Crippen LogP contribution in [0, 0.1) is 0 Å². The third kappa shape index (κ3) is 4.66. The molecule has 1 aliphatic heterocycles. The Bertz CT molecular complexity index is 993. The van der Waals surface area contributed by atoms with E-state index in [9.17, 15) is 9.59 Å². The van der Waals surface area contributed by atoms with E-state index in [4.69, 9.17) is 30.5 Å². The van der Waals surface area contributed by atoms with E-state index in [0.29, 0.717) is 38.5 Å². The lowest BCUT2D eigenvalue weighted by atomic mass is 10.2. The number of carbonyl (C=O) groups excluding carboxylic acids is 2. The van der Waals surface area contributed by atoms with Gasteiger partial charge in [-0.1, -0.05) is 23.7 Å². The van der Waals surface area contributed by atoms with Crippen LogP contribution in [0.2, 0.25) is 5.02 Å². The molecule has 3 rings (SSSR count). The average Bonchev–Trinajstić information content (AvgIpc) is 3.00. The second-order valence-corrected chi connectivity index (χ2v) is 7.47. The van der Waals surface area contributed by atoms with Gasteiger partial charge >= 0.3 is 0 Å². The first kappa shape index (κ1) is 21.9. The monoisotopic (exact) mass is 449 g/mol. The number of hydrogen-bond acceptors (Lipinski definition) is 7. The van der Waals surface area contributed by atoms with E-state index in [2.05, 4.69) is 0 Å². The van der Waals surface area contributed by atoms with E-state index in [1.807, 2.05) is 12.1 Å². The Morgan fingerprint density at radius 1 is 1.00 bits per heavy atom. The zero-order valence-electron chi connectivity index (χ0n) is 16.6. The minimum atomic E-state index is -0.389. The summed E-state index contributed by atoms with van der Waals surface area (Å²) in [6.45, 7) is 0.265. The minimum absolute atomic E-state index is 0.118. The van der Waals surface area contributed by atoms with Gasteiger partial charge in [0, 0.05) is 0 Å². The van der Waals surface area contributed by atoms with E-state index in [-0.39, 0.29) is 24.3 Å². The summed E-state index contributed by atoms with van der Waals surface area (Å²) in [5, 5.41) is -0.0195. The molecule has 0 unspecified atom stereocenters. The summed E-state index contributed by atoms with van der Waals surface area (Å²) in [6.07, 6.45) is 1.60. The first-order valence-electron chi connectivity index (χ1n) is 8.91. The van der Waals surface area contributed by atoms with Crippen LogP contribution in [0.25, 0.3) is 6.08 Å². The van der Waals surface area contributed by atoms with Gasteiger partial charge in [-0.2, -0.15) is 0 Å². The van der Waals surface area contributed by atoms with Gasteiger partial charge in [0.05, 0.1) is 37.8 Å². The molecule has 0 radical (unpaired) electrons. The van der Waals surface area contributed by atoms with Gasteiger partial charge < -0.3 is 18.9 Å². The highest BCUT2D eigenvalue weighted by Gasteiger charge is 2.35. The third-order valence-corrected chi connectivity index (χ3v) is 5.46. The van der Waals surface area contributed by atoms with Crippen LogP contribution < -0.4 is 18.9 Å². The molecule has 0 saturated carbocycles. The second-order valence-electron chi connectivity index (χ2n) is 6.07. The third-order valence-electron chi connectivity index (χ3n) is 4.27. The zero-order chi connectivity index (χ0) is 21.7. The molecule has 7 nitrogen and oxygen atoms in total. The van der Waals surface area contributed by atoms with Crippen molar-refractivity contribution in [3.8, 4) is 23.0 Å². The van der Waals surface area contributed by atoms with E-state index < -0.39 is 0 Å². The average molecular weight is 450 g/mol. The Labute approximate surface area is 183 Å². The molecule has 0 aromatic heterocycles. The maximum Gasteiger partial charge on any atom is 0.293 e. The Morgan fingerprint density at radius 2 is 1.70 bits per heavy atom. The molecule has 1 aliphatic rings. The Balaban J connectivity index is 1.71. The summed E-state index contributed by atoms with van der Waals surface area (Å²) in [5.74, 6) is 1.57. The van der Waals surface area contributed by atoms with Crippen LogP contribution in [-0.4, -0.2) is 50.5 Å². The van der Waals surface area contributed by atoms with Crippen LogP contribution in [0.4, 0.5) is 4.79 Å². The number of para-hydroxylation sites is 2. The molecule has 30 heavy (non-hydrogen) atoms. The lowest BCUT2D eigenvalue weighted by Gasteiger charge is -2.14. The summed E-state index contributed by atoms with van der Waals surface area (Å²) < 4.78 is 21.4. The number of rotatable bonds is 8. The summed E-state index contributed by atoms with van der Waals surface area (Å²) in [7, 11) is 4.53. The zero-order valence-corrected chi connectivity index (χ0v) is 18.2. The van der Waals surface area contributed by atoms with Crippen LogP contribution in [0.5, 0.6) is 23.0 Å². The van der Waals surface area contributed by atoms with Gasteiger partial charge in [-0.05, 0) is 47.7 Å². The number of carbonyl (C=O) groups is 2. The first-order valence-corrected chi connectivity index (χ1v) is 10.1. The molecule has 0 N–H and O–H groups in total. The topological polar surface area (TPSA) is 74.3 Å². The molecule has 158 valence electrons. The molecule has 0 aliphatic carbocycles. The van der Waals surface area contributed by atoms with Gasteiger partial charge in [0.1, 0.15) is 6.61 Å². The molecule has 0 atom stereocenters. The highest BCUT2D eigenvalue weighted by molar-refractivity contribution is 8.18. The fraction of sp³-hybridized carbons (Fsp3) is 0.238. The number of amides is 2. The molecule has 1 saturated heterocycles. The van der Waals surface area contributed by atoms with Gasteiger partial charge in [0.25, 0.3) is 11.1 Å². The van der Waals surface area contributed by atoms with Gasteiger partial charge in [-0.3, -0.25) is 14.5 Å². The van der Waals surface area contributed by atoms with E-state index in [1.54, 1.807) is 37.5 Å². The number of imide groups is 1. The summed E-state index contributed by atoms with van der Waals surface area (Å²) >= 11 is 7.08. The van der Waals surface area contributed by atoms with Crippen molar-refractivity contribution in [3.05, 3.63) is 51.9 Å². The van der Waals surface area contributed by atoms with Crippen molar-refractivity contribution in [2.75, 3.05) is 34.5 Å². The number of halogens is 1. The molecular formula is C21H20ClNO6S. The van der Waals surface area contributed by atoms with Crippen molar-refractivity contribution in [3.63, 3.8) is 0 Å². The summed E-state index contributed by atoms with van der Waals surface area (Å²) in [6, 6.07) is 10.5. The van der Waals surface area contributed by atoms with Crippen molar-refractivity contribution < 1.29 is 28.5 Å². The van der Waals surface area contributed by atoms with Gasteiger partial charge in [-0.25, -0.2) is 0 Å². The van der Waals surface area contributed by atoms with Crippen molar-refractivity contribution in [2.45, 2.75) is 0 Å². The molecule has 9 heteroatoms. The quantitative estimate of drug-likeness (QED) is 0.550. The minimum Gasteiger partial charge on any atom is -0.493 e. The van der Waals surface area contributed by atoms with Gasteiger partial charge in [0.15, 0.2) is 23.0 Å². The fourth-order valence-electron chi connectivity index (χ4n) is 2.85. The van der Waals surface area contributed by atoms with Gasteiger partial charge in [-0.15, -0.1) is 0 Å². The SMILES string of the molecule is COc1ccccc1OCCN1C(=O)S/C(=C\c2cc(Cl)c(OC)c(OC)c2)C1=O. The van der Waals surface area contributed by atoms with Crippen LogP contribution in [0.15, 0.2) is 41.3 Å². The molecule has 2 aromatic rings. The predicted molar refractivity (Wildman–Crippen MR) is 116 cm³/mol. The lowest BCUT2D eigenvalue weighted by molar-refractivity contribution is -0.123. The number of methoxy groups -OCH3 is 3. The Morgan fingerprint density at radius 3 is 2.37 bits per heavy atom. The first-order chi connectivity index (χ1) is 14.5. The number of thioether (sulfide) groups is 1. The lowest BCUT2D eigenvalue weighted by Crippen LogP contribution is -2.32. The van der Waals surface area contributed by atoms with Crippen molar-refractivity contribution >= 4 is 40.6 Å². The van der Waals surface area contributed by atoms with Crippen LogP contribution in [0.3, 0.4) is 0 Å². The number of benzene rings is 2. The molecule has 1 fully saturated rings. The number of ether oxygens (including phenoxy) is 4. The van der Waals surface area contributed by atoms with Crippen molar-refractivity contribution in [1.29, 1.82) is 0 Å². The maximum absolute atomic E-state index is 12.7. The molecule has 0 bridgehead atoms. The predicted octanol–water partition coefficient (Wildman–Crippen LogP) is 4.48. The number of nitrogens with zero attached hydrogens (tertiary/aromatic N) is 1. The summed E-state index contributed by atoms with van der Waals surface area (Å²) in [4.78, 5) is 26.5. The Kier molecular flexibility index (Phi) is 7.12. The normalized spacial score (nSPS) is 14.9. The standard InChI is InChI=1S/C21H20ClNO6S/c1-26-15-6-4-5-7-16(15)29-9-8-23-20(24)18(30-21(23)25)12-13-10-14(22)19(28-3)17(11-13)27-2/h4-7,10-12H,8-9H2,1-3H3/b18-12-. The summed E-state index contributed by atoms with van der Waals surface area (Å²) in [5.41, 5.74) is 0.619. The van der Waals surface area contributed by atoms with E-state index in [0.717, 1.165) is 16.7 Å². The second kappa shape index (κ2) is 9.77. The molecule has 0 spiro atoms. The molecule has 2 aromatic carbocycles.